The van der Waals surface area contributed by atoms with Crippen LogP contribution in [0.15, 0.2) is 54.9 Å². The van der Waals surface area contributed by atoms with E-state index < -0.39 is 5.91 Å². The predicted molar refractivity (Wildman–Crippen MR) is 116 cm³/mol. The lowest BCUT2D eigenvalue weighted by Gasteiger charge is -2.08. The minimum Gasteiger partial charge on any atom is -0.365 e. The minimum atomic E-state index is -0.419. The van der Waals surface area contributed by atoms with Crippen LogP contribution in [0.25, 0.3) is 10.4 Å². The van der Waals surface area contributed by atoms with Gasteiger partial charge in [-0.15, -0.1) is 11.3 Å². The fraction of sp³-hybridized carbons (Fsp3) is 0.190. The summed E-state index contributed by atoms with van der Waals surface area (Å²) in [4.78, 5) is 29.3. The Morgan fingerprint density at radius 3 is 2.59 bits per heavy atom. The lowest BCUT2D eigenvalue weighted by molar-refractivity contribution is 0.100. The average Bonchev–Trinajstić information content (AvgIpc) is 3.16. The number of urea groups is 1. The van der Waals surface area contributed by atoms with Gasteiger partial charge in [0.05, 0.1) is 4.88 Å². The summed E-state index contributed by atoms with van der Waals surface area (Å²) < 4.78 is 0. The van der Waals surface area contributed by atoms with Gasteiger partial charge in [0.25, 0.3) is 5.91 Å². The van der Waals surface area contributed by atoms with Crippen molar-refractivity contribution in [1.29, 1.82) is 0 Å². The molecule has 0 aliphatic heterocycles. The summed E-state index contributed by atoms with van der Waals surface area (Å²) in [5, 5.41) is 8.81. The molecule has 0 spiro atoms. The number of nitrogens with one attached hydrogen (secondary N) is 3. The standard InChI is InChI=1S/C21H23N5O2S/c1-2-23-13-16-10-18(29-19(16)20(22)27)15-5-7-17(8-6-15)26-21(28)25-12-14-4-3-9-24-11-14/h3-11,23H,2,12-13H2,1H3,(H2,22,27)(H2,25,26,28). The number of nitrogens with zero attached hydrogens (tertiary/aromatic N) is 1. The Morgan fingerprint density at radius 1 is 1.14 bits per heavy atom. The number of benzene rings is 1. The maximum Gasteiger partial charge on any atom is 0.319 e. The average molecular weight is 410 g/mol. The first-order valence-corrected chi connectivity index (χ1v) is 10.1. The molecule has 8 heteroatoms. The summed E-state index contributed by atoms with van der Waals surface area (Å²) in [5.41, 5.74) is 8.97. The highest BCUT2D eigenvalue weighted by molar-refractivity contribution is 7.17. The largest absolute Gasteiger partial charge is 0.365 e. The van der Waals surface area contributed by atoms with Crippen molar-refractivity contribution in [3.05, 3.63) is 70.9 Å². The Morgan fingerprint density at radius 2 is 1.93 bits per heavy atom. The van der Waals surface area contributed by atoms with Gasteiger partial charge in [-0.1, -0.05) is 25.1 Å². The Hall–Kier alpha value is -3.23. The van der Waals surface area contributed by atoms with E-state index in [2.05, 4.69) is 20.9 Å². The van der Waals surface area contributed by atoms with Crippen molar-refractivity contribution < 1.29 is 9.59 Å². The highest BCUT2D eigenvalue weighted by Gasteiger charge is 2.14. The van der Waals surface area contributed by atoms with Crippen molar-refractivity contribution in [1.82, 2.24) is 15.6 Å². The zero-order valence-corrected chi connectivity index (χ0v) is 16.9. The molecule has 29 heavy (non-hydrogen) atoms. The summed E-state index contributed by atoms with van der Waals surface area (Å²) in [6.45, 7) is 3.82. The van der Waals surface area contributed by atoms with Crippen LogP contribution in [0.2, 0.25) is 0 Å². The highest BCUT2D eigenvalue weighted by atomic mass is 32.1. The Kier molecular flexibility index (Phi) is 6.94. The molecule has 0 fully saturated rings. The fourth-order valence-corrected chi connectivity index (χ4v) is 3.79. The molecule has 0 saturated heterocycles. The molecule has 3 rings (SSSR count). The fourth-order valence-electron chi connectivity index (χ4n) is 2.75. The van der Waals surface area contributed by atoms with E-state index in [0.29, 0.717) is 23.7 Å². The number of hydrogen-bond acceptors (Lipinski definition) is 5. The van der Waals surface area contributed by atoms with Gasteiger partial charge in [-0.05, 0) is 47.5 Å². The molecule has 0 aliphatic rings. The van der Waals surface area contributed by atoms with Crippen LogP contribution in [0.4, 0.5) is 10.5 Å². The topological polar surface area (TPSA) is 109 Å². The molecule has 7 nitrogen and oxygen atoms in total. The molecule has 0 aliphatic carbocycles. The van der Waals surface area contributed by atoms with Gasteiger partial charge in [-0.2, -0.15) is 0 Å². The van der Waals surface area contributed by atoms with Gasteiger partial charge in [0.15, 0.2) is 0 Å². The first kappa shape index (κ1) is 20.5. The van der Waals surface area contributed by atoms with E-state index >= 15 is 0 Å². The highest BCUT2D eigenvalue weighted by Crippen LogP contribution is 2.32. The van der Waals surface area contributed by atoms with Crippen molar-refractivity contribution in [2.24, 2.45) is 5.73 Å². The van der Waals surface area contributed by atoms with E-state index in [1.165, 1.54) is 11.3 Å². The van der Waals surface area contributed by atoms with Gasteiger partial charge in [0.2, 0.25) is 0 Å². The first-order chi connectivity index (χ1) is 14.1. The molecule has 0 saturated carbocycles. The molecular formula is C21H23N5O2S. The molecule has 3 amide bonds. The second kappa shape index (κ2) is 9.81. The number of hydrogen-bond donors (Lipinski definition) is 4. The van der Waals surface area contributed by atoms with Crippen LogP contribution in [0.3, 0.4) is 0 Å². The van der Waals surface area contributed by atoms with E-state index in [-0.39, 0.29) is 6.03 Å². The predicted octanol–water partition coefficient (Wildman–Crippen LogP) is 3.34. The number of pyridine rings is 1. The molecular weight excluding hydrogens is 386 g/mol. The third-order valence-corrected chi connectivity index (χ3v) is 5.44. The molecule has 5 N–H and O–H groups in total. The maximum atomic E-state index is 12.1. The monoisotopic (exact) mass is 409 g/mol. The summed E-state index contributed by atoms with van der Waals surface area (Å²) in [5.74, 6) is -0.419. The summed E-state index contributed by atoms with van der Waals surface area (Å²) in [7, 11) is 0. The van der Waals surface area contributed by atoms with Crippen LogP contribution in [-0.4, -0.2) is 23.5 Å². The van der Waals surface area contributed by atoms with Crippen LogP contribution < -0.4 is 21.7 Å². The third-order valence-electron chi connectivity index (χ3n) is 4.20. The summed E-state index contributed by atoms with van der Waals surface area (Å²) >= 11 is 1.38. The van der Waals surface area contributed by atoms with E-state index in [1.54, 1.807) is 12.4 Å². The number of rotatable bonds is 8. The smallest absolute Gasteiger partial charge is 0.319 e. The first-order valence-electron chi connectivity index (χ1n) is 9.24. The Labute approximate surface area is 173 Å². The van der Waals surface area contributed by atoms with Gasteiger partial charge in [-0.25, -0.2) is 4.79 Å². The zero-order chi connectivity index (χ0) is 20.6. The SMILES string of the molecule is CCNCc1cc(-c2ccc(NC(=O)NCc3cccnc3)cc2)sc1C(N)=O. The molecule has 0 radical (unpaired) electrons. The number of nitrogens with two attached hydrogens (primary N) is 1. The van der Waals surface area contributed by atoms with Gasteiger partial charge in [0, 0.05) is 36.0 Å². The minimum absolute atomic E-state index is 0.290. The number of carbonyl (C=O) groups is 2. The summed E-state index contributed by atoms with van der Waals surface area (Å²) in [6.07, 6.45) is 3.40. The van der Waals surface area contributed by atoms with E-state index in [1.807, 2.05) is 49.4 Å². The Bertz CT molecular complexity index is 970. The maximum absolute atomic E-state index is 12.1. The molecule has 2 heterocycles. The second-order valence-corrected chi connectivity index (χ2v) is 7.41. The van der Waals surface area contributed by atoms with Crippen molar-refractivity contribution >= 4 is 29.0 Å². The lowest BCUT2D eigenvalue weighted by atomic mass is 10.1. The number of amides is 3. The lowest BCUT2D eigenvalue weighted by Crippen LogP contribution is -2.28. The van der Waals surface area contributed by atoms with Crippen molar-refractivity contribution in [3.63, 3.8) is 0 Å². The van der Waals surface area contributed by atoms with E-state index in [0.717, 1.165) is 28.1 Å². The van der Waals surface area contributed by atoms with Gasteiger partial charge in [0.1, 0.15) is 0 Å². The van der Waals surface area contributed by atoms with Crippen LogP contribution in [0.1, 0.15) is 27.7 Å². The molecule has 150 valence electrons. The quantitative estimate of drug-likeness (QED) is 0.457. The number of anilines is 1. The van der Waals surface area contributed by atoms with Crippen molar-refractivity contribution in [2.75, 3.05) is 11.9 Å². The van der Waals surface area contributed by atoms with E-state index in [9.17, 15) is 9.59 Å². The van der Waals surface area contributed by atoms with Crippen molar-refractivity contribution in [3.8, 4) is 10.4 Å². The third kappa shape index (κ3) is 5.63. The normalized spacial score (nSPS) is 10.5. The molecule has 0 unspecified atom stereocenters. The molecule has 0 atom stereocenters. The molecule has 1 aromatic carbocycles. The zero-order valence-electron chi connectivity index (χ0n) is 16.1. The van der Waals surface area contributed by atoms with Gasteiger partial charge < -0.3 is 21.7 Å². The van der Waals surface area contributed by atoms with Gasteiger partial charge in [-0.3, -0.25) is 9.78 Å². The molecule has 0 bridgehead atoms. The van der Waals surface area contributed by atoms with Gasteiger partial charge >= 0.3 is 6.03 Å². The van der Waals surface area contributed by atoms with Crippen LogP contribution in [0.5, 0.6) is 0 Å². The van der Waals surface area contributed by atoms with Crippen molar-refractivity contribution in [2.45, 2.75) is 20.0 Å². The Balaban J connectivity index is 1.63. The van der Waals surface area contributed by atoms with E-state index in [4.69, 9.17) is 5.73 Å². The number of carbonyl (C=O) groups excluding carboxylic acids is 2. The molecule has 3 aromatic rings. The number of thiophene rings is 1. The number of aromatic nitrogens is 1. The van der Waals surface area contributed by atoms with Crippen LogP contribution in [-0.2, 0) is 13.1 Å². The van der Waals surface area contributed by atoms with Crippen LogP contribution in [0, 0.1) is 0 Å². The molecule has 2 aromatic heterocycles. The second-order valence-electron chi connectivity index (χ2n) is 6.36. The summed E-state index contributed by atoms with van der Waals surface area (Å²) in [6, 6.07) is 12.9. The van der Waals surface area contributed by atoms with Crippen LogP contribution >= 0.6 is 11.3 Å². The number of primary amides is 1.